The number of carbonyl (C=O) groups is 1. The maximum absolute atomic E-state index is 13.9. The molecule has 3 heterocycles. The van der Waals surface area contributed by atoms with Crippen LogP contribution in [-0.4, -0.2) is 44.7 Å². The van der Waals surface area contributed by atoms with Crippen LogP contribution in [0.4, 0.5) is 4.39 Å². The van der Waals surface area contributed by atoms with E-state index in [4.69, 9.17) is 0 Å². The molecule has 0 saturated carbocycles. The number of benzene rings is 2. The van der Waals surface area contributed by atoms with E-state index < -0.39 is 6.10 Å². The van der Waals surface area contributed by atoms with Crippen LogP contribution < -0.4 is 0 Å². The van der Waals surface area contributed by atoms with Crippen LogP contribution in [0, 0.1) is 11.7 Å². The molecule has 1 saturated heterocycles. The van der Waals surface area contributed by atoms with E-state index in [0.29, 0.717) is 25.1 Å². The fraction of sp³-hybridized carbons (Fsp3) is 0.357. The summed E-state index contributed by atoms with van der Waals surface area (Å²) in [6.45, 7) is 3.31. The number of allylic oxidation sites excluding steroid dienone is 2. The Labute approximate surface area is 199 Å². The number of amides is 1. The van der Waals surface area contributed by atoms with Gasteiger partial charge in [-0.1, -0.05) is 48.5 Å². The van der Waals surface area contributed by atoms with Gasteiger partial charge in [0.05, 0.1) is 36.8 Å². The summed E-state index contributed by atoms with van der Waals surface area (Å²) in [6, 6.07) is 16.8. The molecule has 1 fully saturated rings. The van der Waals surface area contributed by atoms with E-state index in [0.717, 1.165) is 18.5 Å². The molecule has 2 aliphatic heterocycles. The minimum Gasteiger partial charge on any atom is -0.393 e. The minimum atomic E-state index is -0.478. The molecule has 2 unspecified atom stereocenters. The molecular formula is C28H30FN3O2. The molecule has 176 valence electrons. The fourth-order valence-corrected chi connectivity index (χ4v) is 5.50. The van der Waals surface area contributed by atoms with Crippen LogP contribution in [0.5, 0.6) is 0 Å². The van der Waals surface area contributed by atoms with Crippen LogP contribution in [0.2, 0.25) is 0 Å². The summed E-state index contributed by atoms with van der Waals surface area (Å²) in [6.07, 6.45) is 5.46. The summed E-state index contributed by atoms with van der Waals surface area (Å²) in [5.74, 6) is -0.265. The van der Waals surface area contributed by atoms with Gasteiger partial charge in [-0.2, -0.15) is 0 Å². The maximum Gasteiger partial charge on any atom is 0.227 e. The molecule has 1 N–H and O–H groups in total. The first-order valence-corrected chi connectivity index (χ1v) is 12.0. The lowest BCUT2D eigenvalue weighted by Gasteiger charge is -2.35. The maximum atomic E-state index is 13.9. The lowest BCUT2D eigenvalue weighted by atomic mass is 9.85. The zero-order chi connectivity index (χ0) is 23.7. The predicted molar refractivity (Wildman–Crippen MR) is 130 cm³/mol. The Morgan fingerprint density at radius 3 is 2.56 bits per heavy atom. The summed E-state index contributed by atoms with van der Waals surface area (Å²) in [5.41, 5.74) is 5.16. The van der Waals surface area contributed by atoms with Gasteiger partial charge >= 0.3 is 0 Å². The minimum absolute atomic E-state index is 0.0376. The number of hydrogen-bond acceptors (Lipinski definition) is 3. The van der Waals surface area contributed by atoms with Crippen LogP contribution in [0.25, 0.3) is 11.1 Å². The van der Waals surface area contributed by atoms with Gasteiger partial charge < -0.3 is 14.6 Å². The van der Waals surface area contributed by atoms with Crippen molar-refractivity contribution in [3.8, 4) is 0 Å². The summed E-state index contributed by atoms with van der Waals surface area (Å²) in [5, 5.41) is 11.2. The summed E-state index contributed by atoms with van der Waals surface area (Å²) in [4.78, 5) is 18.8. The zero-order valence-corrected chi connectivity index (χ0v) is 19.4. The number of piperidine rings is 1. The van der Waals surface area contributed by atoms with Crippen LogP contribution in [0.3, 0.4) is 0 Å². The van der Waals surface area contributed by atoms with Gasteiger partial charge in [0.25, 0.3) is 0 Å². The Bertz CT molecular complexity index is 1200. The molecule has 1 aromatic heterocycles. The second-order valence-electron chi connectivity index (χ2n) is 9.40. The summed E-state index contributed by atoms with van der Waals surface area (Å²) in [7, 11) is 0. The molecule has 2 aromatic carbocycles. The SMILES string of the molecule is CC1=C(c2ccccc2)C(CC(O)C2CCN(C(=O)Cc3ccccc3F)CC2)n2cncc21. The van der Waals surface area contributed by atoms with E-state index in [1.165, 1.54) is 22.8 Å². The van der Waals surface area contributed by atoms with E-state index in [2.05, 4.69) is 28.6 Å². The molecule has 6 heteroatoms. The van der Waals surface area contributed by atoms with Crippen molar-refractivity contribution in [3.63, 3.8) is 0 Å². The van der Waals surface area contributed by atoms with Crippen molar-refractivity contribution in [3.05, 3.63) is 89.8 Å². The number of rotatable bonds is 6. The standard InChI is InChI=1S/C28H30FN3O2/c1-19-25-17-30-18-32(25)24(28(19)21-7-3-2-4-8-21)16-26(33)20-11-13-31(14-12-20)27(34)15-22-9-5-6-10-23(22)29/h2-10,17-18,20,24,26,33H,11-16H2,1H3. The third-order valence-corrected chi connectivity index (χ3v) is 7.41. The molecule has 0 radical (unpaired) electrons. The third kappa shape index (κ3) is 4.30. The van der Waals surface area contributed by atoms with Gasteiger partial charge in [-0.05, 0) is 60.4 Å². The average molecular weight is 460 g/mol. The fourth-order valence-electron chi connectivity index (χ4n) is 5.50. The molecule has 1 amide bonds. The van der Waals surface area contributed by atoms with E-state index in [9.17, 15) is 14.3 Å². The van der Waals surface area contributed by atoms with Crippen molar-refractivity contribution in [1.82, 2.24) is 14.5 Å². The normalized spacial score (nSPS) is 19.4. The van der Waals surface area contributed by atoms with Gasteiger partial charge in [-0.25, -0.2) is 9.37 Å². The van der Waals surface area contributed by atoms with Gasteiger partial charge in [-0.15, -0.1) is 0 Å². The van der Waals surface area contributed by atoms with E-state index in [1.807, 2.05) is 30.7 Å². The first-order valence-electron chi connectivity index (χ1n) is 12.0. The Balaban J connectivity index is 1.23. The van der Waals surface area contributed by atoms with Gasteiger partial charge in [0.15, 0.2) is 0 Å². The Morgan fingerprint density at radius 1 is 1.12 bits per heavy atom. The number of hydrogen-bond donors (Lipinski definition) is 1. The Morgan fingerprint density at radius 2 is 1.82 bits per heavy atom. The van der Waals surface area contributed by atoms with Gasteiger partial charge in [0.2, 0.25) is 5.91 Å². The predicted octanol–water partition coefficient (Wildman–Crippen LogP) is 4.74. The highest BCUT2D eigenvalue weighted by molar-refractivity contribution is 5.93. The van der Waals surface area contributed by atoms with Gasteiger partial charge in [0.1, 0.15) is 5.82 Å². The van der Waals surface area contributed by atoms with Crippen molar-refractivity contribution in [2.24, 2.45) is 5.92 Å². The summed E-state index contributed by atoms with van der Waals surface area (Å²) < 4.78 is 16.1. The first-order chi connectivity index (χ1) is 16.5. The highest BCUT2D eigenvalue weighted by Crippen LogP contribution is 2.45. The van der Waals surface area contributed by atoms with Crippen molar-refractivity contribution in [2.45, 2.75) is 44.8 Å². The molecule has 0 aliphatic carbocycles. The molecule has 0 spiro atoms. The highest BCUT2D eigenvalue weighted by Gasteiger charge is 2.35. The lowest BCUT2D eigenvalue weighted by Crippen LogP contribution is -2.42. The summed E-state index contributed by atoms with van der Waals surface area (Å²) >= 11 is 0. The number of halogens is 1. The second kappa shape index (κ2) is 9.55. The van der Waals surface area contributed by atoms with E-state index in [-0.39, 0.29) is 30.1 Å². The number of aliphatic hydroxyl groups excluding tert-OH is 1. The molecule has 34 heavy (non-hydrogen) atoms. The topological polar surface area (TPSA) is 58.4 Å². The van der Waals surface area contributed by atoms with Crippen molar-refractivity contribution >= 4 is 17.1 Å². The number of aliphatic hydroxyl groups is 1. The number of fused-ring (bicyclic) bond motifs is 1. The number of carbonyl (C=O) groups excluding carboxylic acids is 1. The van der Waals surface area contributed by atoms with Crippen LogP contribution in [0.15, 0.2) is 67.1 Å². The monoisotopic (exact) mass is 459 g/mol. The van der Waals surface area contributed by atoms with Crippen LogP contribution in [-0.2, 0) is 11.2 Å². The van der Waals surface area contributed by atoms with Crippen molar-refractivity contribution < 1.29 is 14.3 Å². The van der Waals surface area contributed by atoms with E-state index in [1.54, 1.807) is 23.1 Å². The quantitative estimate of drug-likeness (QED) is 0.579. The van der Waals surface area contributed by atoms with Crippen LogP contribution >= 0.6 is 0 Å². The smallest absolute Gasteiger partial charge is 0.227 e. The van der Waals surface area contributed by atoms with E-state index >= 15 is 0 Å². The van der Waals surface area contributed by atoms with Crippen molar-refractivity contribution in [1.29, 1.82) is 0 Å². The molecular weight excluding hydrogens is 429 g/mol. The molecule has 5 nitrogen and oxygen atoms in total. The molecule has 0 bridgehead atoms. The largest absolute Gasteiger partial charge is 0.393 e. The number of likely N-dealkylation sites (tertiary alicyclic amines) is 1. The molecule has 3 aromatic rings. The Hall–Kier alpha value is -3.25. The lowest BCUT2D eigenvalue weighted by molar-refractivity contribution is -0.132. The number of nitrogens with zero attached hydrogens (tertiary/aromatic N) is 3. The molecule has 2 aliphatic rings. The van der Waals surface area contributed by atoms with Gasteiger partial charge in [0, 0.05) is 13.1 Å². The van der Waals surface area contributed by atoms with Gasteiger partial charge in [-0.3, -0.25) is 4.79 Å². The molecule has 5 rings (SSSR count). The van der Waals surface area contributed by atoms with Crippen molar-refractivity contribution in [2.75, 3.05) is 13.1 Å². The second-order valence-corrected chi connectivity index (χ2v) is 9.40. The Kier molecular flexibility index (Phi) is 6.33. The molecule has 2 atom stereocenters. The third-order valence-electron chi connectivity index (χ3n) is 7.41. The zero-order valence-electron chi connectivity index (χ0n) is 19.4. The highest BCUT2D eigenvalue weighted by atomic mass is 19.1. The van der Waals surface area contributed by atoms with Crippen LogP contribution in [0.1, 0.15) is 49.0 Å². The first kappa shape index (κ1) is 22.5. The average Bonchev–Trinajstić information content (AvgIpc) is 3.44. The number of imidazole rings is 1. The number of aromatic nitrogens is 2.